The summed E-state index contributed by atoms with van der Waals surface area (Å²) in [6.07, 6.45) is 2.58. The summed E-state index contributed by atoms with van der Waals surface area (Å²) < 4.78 is 34.3. The number of rotatable bonds is 13. The van der Waals surface area contributed by atoms with E-state index in [0.717, 1.165) is 29.4 Å². The molecule has 0 saturated heterocycles. The highest BCUT2D eigenvalue weighted by Crippen LogP contribution is 2.31. The molecule has 192 valence electrons. The Kier molecular flexibility index (Phi) is 9.40. The fraction of sp³-hybridized carbons (Fsp3) is 0.370. The van der Waals surface area contributed by atoms with Crippen molar-refractivity contribution in [2.24, 2.45) is 0 Å². The lowest BCUT2D eigenvalue weighted by atomic mass is 9.46. The second-order valence-corrected chi connectivity index (χ2v) is 11.5. The number of anilines is 1. The maximum atomic E-state index is 13.5. The van der Waals surface area contributed by atoms with E-state index in [4.69, 9.17) is 9.84 Å². The second-order valence-electron chi connectivity index (χ2n) is 9.46. The van der Waals surface area contributed by atoms with E-state index >= 15 is 0 Å². The molecular formula is C27H35BN2O5S. The van der Waals surface area contributed by atoms with Gasteiger partial charge in [0.15, 0.2) is 0 Å². The van der Waals surface area contributed by atoms with Crippen molar-refractivity contribution < 1.29 is 23.1 Å². The SMILES string of the molecule is CB(CCCOc1cccc(CN(C)S(=O)(=O)c2cccc3c(N(C)C)cccc23)c1)CCC(=O)O. The third kappa shape index (κ3) is 7.01. The van der Waals surface area contributed by atoms with Gasteiger partial charge >= 0.3 is 5.97 Å². The molecule has 0 aliphatic rings. The van der Waals surface area contributed by atoms with Crippen LogP contribution in [0.5, 0.6) is 5.75 Å². The summed E-state index contributed by atoms with van der Waals surface area (Å²) in [5, 5.41) is 10.4. The highest BCUT2D eigenvalue weighted by molar-refractivity contribution is 7.89. The van der Waals surface area contributed by atoms with Gasteiger partial charge in [-0.1, -0.05) is 55.9 Å². The minimum atomic E-state index is -3.73. The summed E-state index contributed by atoms with van der Waals surface area (Å²) in [6, 6.07) is 18.6. The monoisotopic (exact) mass is 510 g/mol. The Labute approximate surface area is 214 Å². The Hall–Kier alpha value is -3.04. The number of fused-ring (bicyclic) bond motifs is 1. The number of aliphatic carboxylic acids is 1. The van der Waals surface area contributed by atoms with Crippen LogP contribution in [0, 0.1) is 0 Å². The number of hydrogen-bond acceptors (Lipinski definition) is 5. The van der Waals surface area contributed by atoms with Gasteiger partial charge in [0, 0.05) is 50.6 Å². The summed E-state index contributed by atoms with van der Waals surface area (Å²) in [5.41, 5.74) is 1.80. The average Bonchev–Trinajstić information content (AvgIpc) is 2.84. The molecule has 0 fully saturated rings. The molecule has 3 aromatic rings. The normalized spacial score (nSPS) is 11.6. The van der Waals surface area contributed by atoms with Crippen LogP contribution in [-0.4, -0.2) is 58.3 Å². The topological polar surface area (TPSA) is 87.2 Å². The lowest BCUT2D eigenvalue weighted by Crippen LogP contribution is -2.26. The third-order valence-corrected chi connectivity index (χ3v) is 8.16. The van der Waals surface area contributed by atoms with E-state index in [2.05, 4.69) is 6.82 Å². The zero-order valence-corrected chi connectivity index (χ0v) is 22.3. The second kappa shape index (κ2) is 12.3. The van der Waals surface area contributed by atoms with Gasteiger partial charge in [-0.15, -0.1) is 0 Å². The molecule has 1 N–H and O–H groups in total. The zero-order chi connectivity index (χ0) is 26.3. The minimum Gasteiger partial charge on any atom is -0.494 e. The molecule has 0 saturated carbocycles. The van der Waals surface area contributed by atoms with Crippen molar-refractivity contribution in [2.45, 2.75) is 43.7 Å². The molecule has 0 amide bonds. The standard InChI is InChI=1S/C27H35BN2O5S/c1-28(17-15-27(31)32)16-8-18-35-22-10-5-9-21(19-22)20-30(4)36(33,34)26-14-7-11-23-24(26)12-6-13-25(23)29(2)3/h5-7,9-14,19H,8,15-18,20H2,1-4H3,(H,31,32). The van der Waals surface area contributed by atoms with Crippen molar-refractivity contribution >= 4 is 39.2 Å². The maximum Gasteiger partial charge on any atom is 0.302 e. The first-order valence-corrected chi connectivity index (χ1v) is 13.6. The van der Waals surface area contributed by atoms with E-state index in [-0.39, 0.29) is 17.9 Å². The quantitative estimate of drug-likeness (QED) is 0.255. The molecule has 0 spiro atoms. The molecule has 0 unspecified atom stereocenters. The number of carboxylic acids is 1. The van der Waals surface area contributed by atoms with Crippen LogP contribution >= 0.6 is 0 Å². The highest BCUT2D eigenvalue weighted by atomic mass is 32.2. The van der Waals surface area contributed by atoms with E-state index < -0.39 is 16.0 Å². The van der Waals surface area contributed by atoms with Crippen molar-refractivity contribution in [3.8, 4) is 5.75 Å². The van der Waals surface area contributed by atoms with Crippen LogP contribution in [0.1, 0.15) is 18.4 Å². The molecule has 3 rings (SSSR count). The van der Waals surface area contributed by atoms with Crippen molar-refractivity contribution in [2.75, 3.05) is 32.6 Å². The first kappa shape index (κ1) is 27.6. The van der Waals surface area contributed by atoms with Crippen LogP contribution < -0.4 is 9.64 Å². The number of nitrogens with zero attached hydrogens (tertiary/aromatic N) is 2. The van der Waals surface area contributed by atoms with Crippen LogP contribution in [0.15, 0.2) is 65.6 Å². The fourth-order valence-corrected chi connectivity index (χ4v) is 5.62. The van der Waals surface area contributed by atoms with Crippen LogP contribution in [-0.2, 0) is 21.4 Å². The van der Waals surface area contributed by atoms with Gasteiger partial charge in [0.05, 0.1) is 11.5 Å². The third-order valence-electron chi connectivity index (χ3n) is 6.29. The number of sulfonamides is 1. The van der Waals surface area contributed by atoms with E-state index in [9.17, 15) is 13.2 Å². The molecule has 0 bridgehead atoms. The van der Waals surface area contributed by atoms with E-state index in [1.54, 1.807) is 19.2 Å². The Morgan fingerprint density at radius 2 is 1.67 bits per heavy atom. The molecule has 0 aliphatic carbocycles. The average molecular weight is 510 g/mol. The van der Waals surface area contributed by atoms with Gasteiger partial charge in [-0.05, 0) is 36.2 Å². The van der Waals surface area contributed by atoms with Gasteiger partial charge in [-0.25, -0.2) is 8.42 Å². The number of benzene rings is 3. The van der Waals surface area contributed by atoms with Gasteiger partial charge in [-0.3, -0.25) is 4.79 Å². The van der Waals surface area contributed by atoms with E-state index in [1.807, 2.05) is 67.5 Å². The summed E-state index contributed by atoms with van der Waals surface area (Å²) in [6.45, 7) is 3.13. The van der Waals surface area contributed by atoms with Crippen LogP contribution in [0.25, 0.3) is 10.8 Å². The van der Waals surface area contributed by atoms with Crippen LogP contribution in [0.3, 0.4) is 0 Å². The lowest BCUT2D eigenvalue weighted by Gasteiger charge is -2.21. The van der Waals surface area contributed by atoms with Gasteiger partial charge in [0.25, 0.3) is 0 Å². The summed E-state index contributed by atoms with van der Waals surface area (Å²) in [7, 11) is 1.75. The zero-order valence-electron chi connectivity index (χ0n) is 21.5. The van der Waals surface area contributed by atoms with Crippen molar-refractivity contribution in [1.82, 2.24) is 4.31 Å². The Morgan fingerprint density at radius 1 is 0.972 bits per heavy atom. The molecule has 0 radical (unpaired) electrons. The van der Waals surface area contributed by atoms with Gasteiger partial charge in [-0.2, -0.15) is 4.31 Å². The fourth-order valence-electron chi connectivity index (χ4n) is 4.26. The van der Waals surface area contributed by atoms with E-state index in [0.29, 0.717) is 30.8 Å². The summed E-state index contributed by atoms with van der Waals surface area (Å²) >= 11 is 0. The molecule has 9 heteroatoms. The maximum absolute atomic E-state index is 13.5. The van der Waals surface area contributed by atoms with Crippen LogP contribution in [0.4, 0.5) is 5.69 Å². The van der Waals surface area contributed by atoms with Crippen molar-refractivity contribution in [3.63, 3.8) is 0 Å². The van der Waals surface area contributed by atoms with Crippen LogP contribution in [0.2, 0.25) is 19.5 Å². The van der Waals surface area contributed by atoms with Crippen molar-refractivity contribution in [1.29, 1.82) is 0 Å². The largest absolute Gasteiger partial charge is 0.494 e. The predicted molar refractivity (Wildman–Crippen MR) is 147 cm³/mol. The molecule has 0 aliphatic heterocycles. The molecule has 0 atom stereocenters. The Balaban J connectivity index is 1.66. The number of carboxylic acid groups (broad SMARTS) is 1. The number of hydrogen-bond donors (Lipinski definition) is 1. The summed E-state index contributed by atoms with van der Waals surface area (Å²) in [5.74, 6) is -0.0714. The minimum absolute atomic E-state index is 0.191. The highest BCUT2D eigenvalue weighted by Gasteiger charge is 2.24. The van der Waals surface area contributed by atoms with Crippen molar-refractivity contribution in [3.05, 3.63) is 66.2 Å². The van der Waals surface area contributed by atoms with Gasteiger partial charge in [0.2, 0.25) is 10.0 Å². The first-order valence-electron chi connectivity index (χ1n) is 12.2. The Bertz CT molecular complexity index is 1300. The Morgan fingerprint density at radius 3 is 2.39 bits per heavy atom. The number of carbonyl (C=O) groups is 1. The van der Waals surface area contributed by atoms with Gasteiger partial charge < -0.3 is 14.7 Å². The summed E-state index contributed by atoms with van der Waals surface area (Å²) in [4.78, 5) is 13.0. The molecular weight excluding hydrogens is 475 g/mol. The molecule has 36 heavy (non-hydrogen) atoms. The smallest absolute Gasteiger partial charge is 0.302 e. The number of ether oxygens (including phenoxy) is 1. The molecule has 0 aromatic heterocycles. The first-order chi connectivity index (χ1) is 17.1. The predicted octanol–water partition coefficient (Wildman–Crippen LogP) is 5.09. The lowest BCUT2D eigenvalue weighted by molar-refractivity contribution is -0.136. The molecule has 7 nitrogen and oxygen atoms in total. The molecule has 3 aromatic carbocycles. The molecule has 0 heterocycles. The van der Waals surface area contributed by atoms with Gasteiger partial charge in [0.1, 0.15) is 12.5 Å². The van der Waals surface area contributed by atoms with E-state index in [1.165, 1.54) is 4.31 Å².